The van der Waals surface area contributed by atoms with Gasteiger partial charge in [0.15, 0.2) is 0 Å². The molecule has 108 valence electrons. The van der Waals surface area contributed by atoms with E-state index in [9.17, 15) is 5.26 Å². The smallest absolute Gasteiger partial charge is 0.122 e. The summed E-state index contributed by atoms with van der Waals surface area (Å²) in [4.78, 5) is 2.37. The van der Waals surface area contributed by atoms with Gasteiger partial charge in [0, 0.05) is 31.8 Å². The van der Waals surface area contributed by atoms with E-state index in [0.29, 0.717) is 18.0 Å². The minimum absolute atomic E-state index is 0.350. The Balaban J connectivity index is 2.00. The molecule has 0 aromatic heterocycles. The summed E-state index contributed by atoms with van der Waals surface area (Å²) in [5.41, 5.74) is -0.360. The highest BCUT2D eigenvalue weighted by atomic mass is 16.5. The molecule has 1 heterocycles. The monoisotopic (exact) mass is 265 g/mol. The van der Waals surface area contributed by atoms with Gasteiger partial charge < -0.3 is 9.64 Å². The molecule has 0 aromatic rings. The normalized spacial score (nSPS) is 24.4. The second kappa shape index (κ2) is 6.21. The number of ether oxygens (including phenoxy) is 1. The molecule has 2 aliphatic rings. The van der Waals surface area contributed by atoms with E-state index in [1.165, 1.54) is 12.8 Å². The highest BCUT2D eigenvalue weighted by molar-refractivity contribution is 5.17. The molecule has 1 aliphatic carbocycles. The predicted octanol–water partition coefficient (Wildman–Crippen LogP) is 1.77. The fourth-order valence-corrected chi connectivity index (χ4v) is 3.19. The number of hydrogen-bond acceptors (Lipinski definition) is 4. The number of rotatable bonds is 6. The Morgan fingerprint density at radius 2 is 1.95 bits per heavy atom. The van der Waals surface area contributed by atoms with Crippen molar-refractivity contribution in [2.75, 3.05) is 26.8 Å². The van der Waals surface area contributed by atoms with Crippen LogP contribution in [0, 0.1) is 17.2 Å². The molecule has 0 amide bonds. The Morgan fingerprint density at radius 3 is 2.42 bits per heavy atom. The van der Waals surface area contributed by atoms with Gasteiger partial charge in [0.2, 0.25) is 0 Å². The summed E-state index contributed by atoms with van der Waals surface area (Å²) in [6.07, 6.45) is 4.55. The molecule has 1 aliphatic heterocycles. The number of nitrogens with zero attached hydrogens (tertiary/aromatic N) is 2. The van der Waals surface area contributed by atoms with Crippen LogP contribution in [0.4, 0.5) is 0 Å². The van der Waals surface area contributed by atoms with Gasteiger partial charge in [-0.05, 0) is 52.5 Å². The fraction of sp³-hybridized carbons (Fsp3) is 0.933. The minimum atomic E-state index is -0.360. The largest absolute Gasteiger partial charge is 0.381 e. The van der Waals surface area contributed by atoms with Crippen LogP contribution < -0.4 is 5.32 Å². The van der Waals surface area contributed by atoms with E-state index < -0.39 is 0 Å². The van der Waals surface area contributed by atoms with Crippen molar-refractivity contribution in [1.29, 1.82) is 5.26 Å². The van der Waals surface area contributed by atoms with Crippen LogP contribution in [0.5, 0.6) is 0 Å². The highest BCUT2D eigenvalue weighted by Gasteiger charge is 2.47. The van der Waals surface area contributed by atoms with Gasteiger partial charge in [-0.2, -0.15) is 5.26 Å². The average Bonchev–Trinajstić information content (AvgIpc) is 3.23. The third-order valence-electron chi connectivity index (χ3n) is 4.33. The van der Waals surface area contributed by atoms with Crippen molar-refractivity contribution in [3.05, 3.63) is 0 Å². The van der Waals surface area contributed by atoms with Crippen LogP contribution >= 0.6 is 0 Å². The Labute approximate surface area is 117 Å². The van der Waals surface area contributed by atoms with Crippen molar-refractivity contribution >= 4 is 0 Å². The minimum Gasteiger partial charge on any atom is -0.381 e. The quantitative estimate of drug-likeness (QED) is 0.795. The van der Waals surface area contributed by atoms with E-state index in [-0.39, 0.29) is 5.54 Å². The molecule has 1 saturated heterocycles. The molecule has 1 atom stereocenters. The first-order valence-electron chi connectivity index (χ1n) is 7.54. The van der Waals surface area contributed by atoms with Crippen molar-refractivity contribution in [2.45, 2.75) is 57.2 Å². The van der Waals surface area contributed by atoms with Crippen LogP contribution in [0.1, 0.15) is 39.5 Å². The van der Waals surface area contributed by atoms with Crippen LogP contribution in [-0.4, -0.2) is 49.3 Å². The van der Waals surface area contributed by atoms with Crippen LogP contribution in [0.3, 0.4) is 0 Å². The second-order valence-corrected chi connectivity index (χ2v) is 6.42. The molecule has 2 rings (SSSR count). The summed E-state index contributed by atoms with van der Waals surface area (Å²) in [6.45, 7) is 6.80. The summed E-state index contributed by atoms with van der Waals surface area (Å²) in [5.74, 6) is 0.530. The van der Waals surface area contributed by atoms with Crippen LogP contribution in [0.15, 0.2) is 0 Å². The second-order valence-electron chi connectivity index (χ2n) is 6.42. The van der Waals surface area contributed by atoms with Gasteiger partial charge in [-0.1, -0.05) is 0 Å². The maximum absolute atomic E-state index is 9.72. The first-order valence-corrected chi connectivity index (χ1v) is 7.54. The van der Waals surface area contributed by atoms with Crippen molar-refractivity contribution < 1.29 is 4.74 Å². The summed E-state index contributed by atoms with van der Waals surface area (Å²) >= 11 is 0. The number of hydrogen-bond donors (Lipinski definition) is 1. The van der Waals surface area contributed by atoms with Gasteiger partial charge in [-0.25, -0.2) is 0 Å². The number of nitriles is 1. The van der Waals surface area contributed by atoms with Gasteiger partial charge >= 0.3 is 0 Å². The van der Waals surface area contributed by atoms with Crippen LogP contribution in [0.2, 0.25) is 0 Å². The van der Waals surface area contributed by atoms with Crippen molar-refractivity contribution in [3.8, 4) is 6.07 Å². The standard InChI is InChI=1S/C15H27N3O/c1-12(2)17-15(10-16,13-4-5-13)11-18(3)14-6-8-19-9-7-14/h12-14,17H,4-9,11H2,1-3H3. The molecular formula is C15H27N3O. The third-order valence-corrected chi connectivity index (χ3v) is 4.33. The van der Waals surface area contributed by atoms with Gasteiger partial charge in [0.25, 0.3) is 0 Å². The Hall–Kier alpha value is -0.630. The van der Waals surface area contributed by atoms with E-state index in [1.54, 1.807) is 0 Å². The maximum Gasteiger partial charge on any atom is 0.122 e. The molecule has 0 spiro atoms. The Morgan fingerprint density at radius 1 is 1.32 bits per heavy atom. The van der Waals surface area contributed by atoms with Crippen molar-refractivity contribution in [3.63, 3.8) is 0 Å². The lowest BCUT2D eigenvalue weighted by Crippen LogP contribution is -2.57. The van der Waals surface area contributed by atoms with Gasteiger partial charge in [-0.15, -0.1) is 0 Å². The first kappa shape index (κ1) is 14.8. The topological polar surface area (TPSA) is 48.3 Å². The van der Waals surface area contributed by atoms with E-state index in [2.05, 4.69) is 37.2 Å². The average molecular weight is 265 g/mol. The zero-order chi connectivity index (χ0) is 13.9. The zero-order valence-corrected chi connectivity index (χ0v) is 12.5. The molecule has 1 saturated carbocycles. The SMILES string of the molecule is CC(C)NC(C#N)(CN(C)C1CCOCC1)C1CC1. The van der Waals surface area contributed by atoms with E-state index >= 15 is 0 Å². The molecular weight excluding hydrogens is 238 g/mol. The molecule has 2 fully saturated rings. The third kappa shape index (κ3) is 3.68. The zero-order valence-electron chi connectivity index (χ0n) is 12.5. The summed E-state index contributed by atoms with van der Waals surface area (Å²) in [6, 6.07) is 3.51. The van der Waals surface area contributed by atoms with Crippen LogP contribution in [0.25, 0.3) is 0 Å². The molecule has 0 bridgehead atoms. The van der Waals surface area contributed by atoms with Gasteiger partial charge in [-0.3, -0.25) is 5.32 Å². The summed E-state index contributed by atoms with van der Waals surface area (Å²) < 4.78 is 5.42. The molecule has 4 nitrogen and oxygen atoms in total. The lowest BCUT2D eigenvalue weighted by molar-refractivity contribution is 0.0348. The number of nitrogens with one attached hydrogen (secondary N) is 1. The first-order chi connectivity index (χ1) is 9.07. The van der Waals surface area contributed by atoms with Gasteiger partial charge in [0.05, 0.1) is 6.07 Å². The highest BCUT2D eigenvalue weighted by Crippen LogP contribution is 2.40. The lowest BCUT2D eigenvalue weighted by atomic mass is 9.92. The molecule has 0 aromatic carbocycles. The molecule has 1 unspecified atom stereocenters. The van der Waals surface area contributed by atoms with Crippen LogP contribution in [-0.2, 0) is 4.74 Å². The van der Waals surface area contributed by atoms with E-state index in [4.69, 9.17) is 4.74 Å². The summed E-state index contributed by atoms with van der Waals surface area (Å²) in [5, 5.41) is 13.3. The maximum atomic E-state index is 9.72. The lowest BCUT2D eigenvalue weighted by Gasteiger charge is -2.38. The van der Waals surface area contributed by atoms with E-state index in [0.717, 1.165) is 32.6 Å². The van der Waals surface area contributed by atoms with Gasteiger partial charge in [0.1, 0.15) is 5.54 Å². The van der Waals surface area contributed by atoms with E-state index in [1.807, 2.05) is 0 Å². The summed E-state index contributed by atoms with van der Waals surface area (Å²) in [7, 11) is 2.16. The Kier molecular flexibility index (Phi) is 4.83. The predicted molar refractivity (Wildman–Crippen MR) is 75.8 cm³/mol. The fourth-order valence-electron chi connectivity index (χ4n) is 3.19. The molecule has 19 heavy (non-hydrogen) atoms. The van der Waals surface area contributed by atoms with Crippen molar-refractivity contribution in [1.82, 2.24) is 10.2 Å². The molecule has 1 N–H and O–H groups in total. The Bertz CT molecular complexity index is 329. The van der Waals surface area contributed by atoms with Crippen molar-refractivity contribution in [2.24, 2.45) is 5.92 Å². The molecule has 4 heteroatoms. The number of likely N-dealkylation sites (N-methyl/N-ethyl adjacent to an activating group) is 1. The molecule has 0 radical (unpaired) electrons.